The summed E-state index contributed by atoms with van der Waals surface area (Å²) in [6.45, 7) is 0. The molecule has 2 rings (SSSR count). The number of nitrogens with zero attached hydrogens (tertiary/aromatic N) is 1. The first-order valence-corrected chi connectivity index (χ1v) is 6.87. The summed E-state index contributed by atoms with van der Waals surface area (Å²) in [4.78, 5) is 4.46. The molecule has 0 atom stereocenters. The van der Waals surface area contributed by atoms with Gasteiger partial charge in [0.05, 0.1) is 5.69 Å². The molecular weight excluding hydrogens is 254 g/mol. The van der Waals surface area contributed by atoms with Crippen molar-refractivity contribution in [3.05, 3.63) is 15.0 Å². The first kappa shape index (κ1) is 9.03. The highest BCUT2D eigenvalue weighted by molar-refractivity contribution is 9.11. The van der Waals surface area contributed by atoms with Crippen LogP contribution in [-0.4, -0.2) is 16.5 Å². The zero-order valence-electron chi connectivity index (χ0n) is 6.62. The Labute approximate surface area is 89.1 Å². The zero-order valence-corrected chi connectivity index (χ0v) is 9.84. The highest BCUT2D eigenvalue weighted by Crippen LogP contribution is 2.32. The quantitative estimate of drug-likeness (QED) is 0.769. The summed E-state index contributed by atoms with van der Waals surface area (Å²) in [5, 5.41) is 2.19. The van der Waals surface area contributed by atoms with Crippen molar-refractivity contribution in [2.24, 2.45) is 0 Å². The molecule has 2 heterocycles. The molecule has 0 radical (unpaired) electrons. The van der Waals surface area contributed by atoms with Gasteiger partial charge in [-0.05, 0) is 40.3 Å². The molecule has 0 N–H and O–H groups in total. The Kier molecular flexibility index (Phi) is 3.10. The van der Waals surface area contributed by atoms with Gasteiger partial charge in [0, 0.05) is 11.3 Å². The monoisotopic (exact) mass is 263 g/mol. The molecular formula is C8H10BrNS2. The lowest BCUT2D eigenvalue weighted by molar-refractivity contribution is 0.622. The molecule has 12 heavy (non-hydrogen) atoms. The third kappa shape index (κ3) is 2.03. The molecule has 0 spiro atoms. The minimum absolute atomic E-state index is 0.730. The largest absolute Gasteiger partial charge is 0.234 e. The molecule has 1 aromatic rings. The number of thiazole rings is 1. The van der Waals surface area contributed by atoms with Gasteiger partial charge >= 0.3 is 0 Å². The number of rotatable bonds is 1. The fourth-order valence-corrected chi connectivity index (χ4v) is 3.66. The molecule has 1 aliphatic heterocycles. The van der Waals surface area contributed by atoms with Crippen LogP contribution in [0.1, 0.15) is 24.5 Å². The number of halogens is 1. The molecule has 0 amide bonds. The summed E-state index contributed by atoms with van der Waals surface area (Å²) in [6.07, 6.45) is 2.61. The summed E-state index contributed by atoms with van der Waals surface area (Å²) in [5.74, 6) is 3.34. The minimum Gasteiger partial charge on any atom is -0.234 e. The van der Waals surface area contributed by atoms with Crippen molar-refractivity contribution in [3.63, 3.8) is 0 Å². The van der Waals surface area contributed by atoms with E-state index in [4.69, 9.17) is 0 Å². The van der Waals surface area contributed by atoms with Gasteiger partial charge in [-0.25, -0.2) is 4.98 Å². The van der Waals surface area contributed by atoms with E-state index >= 15 is 0 Å². The standard InChI is InChI=1S/C8H10BrNS2/c9-8-10-7(5-12-8)6-1-3-11-4-2-6/h5-6H,1-4H2. The van der Waals surface area contributed by atoms with Crippen molar-refractivity contribution in [1.29, 1.82) is 0 Å². The van der Waals surface area contributed by atoms with Crippen molar-refractivity contribution in [2.75, 3.05) is 11.5 Å². The molecule has 0 saturated carbocycles. The van der Waals surface area contributed by atoms with E-state index in [1.807, 2.05) is 0 Å². The minimum atomic E-state index is 0.730. The molecule has 1 aromatic heterocycles. The van der Waals surface area contributed by atoms with Gasteiger partial charge in [-0.1, -0.05) is 0 Å². The topological polar surface area (TPSA) is 12.9 Å². The lowest BCUT2D eigenvalue weighted by Crippen LogP contribution is -2.07. The third-order valence-corrected chi connectivity index (χ3v) is 4.57. The molecule has 0 bridgehead atoms. The Bertz CT molecular complexity index is 255. The predicted molar refractivity (Wildman–Crippen MR) is 59.1 cm³/mol. The van der Waals surface area contributed by atoms with Crippen molar-refractivity contribution in [2.45, 2.75) is 18.8 Å². The molecule has 66 valence electrons. The van der Waals surface area contributed by atoms with Gasteiger partial charge in [0.2, 0.25) is 0 Å². The highest BCUT2D eigenvalue weighted by atomic mass is 79.9. The van der Waals surface area contributed by atoms with E-state index in [1.165, 1.54) is 30.0 Å². The van der Waals surface area contributed by atoms with Crippen LogP contribution in [0.15, 0.2) is 9.30 Å². The Hall–Kier alpha value is 0.460. The molecule has 1 nitrogen and oxygen atoms in total. The lowest BCUT2D eigenvalue weighted by atomic mass is 10.0. The summed E-state index contributed by atoms with van der Waals surface area (Å²) in [7, 11) is 0. The van der Waals surface area contributed by atoms with E-state index < -0.39 is 0 Å². The van der Waals surface area contributed by atoms with E-state index in [1.54, 1.807) is 11.3 Å². The molecule has 1 saturated heterocycles. The van der Waals surface area contributed by atoms with E-state index in [9.17, 15) is 0 Å². The van der Waals surface area contributed by atoms with Crippen LogP contribution in [0.3, 0.4) is 0 Å². The average Bonchev–Trinajstić information content (AvgIpc) is 2.54. The van der Waals surface area contributed by atoms with Crippen molar-refractivity contribution < 1.29 is 0 Å². The second kappa shape index (κ2) is 4.11. The number of aromatic nitrogens is 1. The van der Waals surface area contributed by atoms with Crippen LogP contribution >= 0.6 is 39.0 Å². The molecule has 0 aromatic carbocycles. The van der Waals surface area contributed by atoms with Gasteiger partial charge in [-0.3, -0.25) is 0 Å². The fraction of sp³-hybridized carbons (Fsp3) is 0.625. The van der Waals surface area contributed by atoms with Crippen molar-refractivity contribution >= 4 is 39.0 Å². The van der Waals surface area contributed by atoms with Crippen LogP contribution in [0.4, 0.5) is 0 Å². The van der Waals surface area contributed by atoms with Crippen LogP contribution < -0.4 is 0 Å². The van der Waals surface area contributed by atoms with Crippen LogP contribution in [0, 0.1) is 0 Å². The van der Waals surface area contributed by atoms with Gasteiger partial charge in [0.25, 0.3) is 0 Å². The summed E-state index contributed by atoms with van der Waals surface area (Å²) < 4.78 is 1.02. The van der Waals surface area contributed by atoms with Crippen LogP contribution in [0.5, 0.6) is 0 Å². The van der Waals surface area contributed by atoms with E-state index in [0.29, 0.717) is 0 Å². The van der Waals surface area contributed by atoms with Gasteiger partial charge in [-0.2, -0.15) is 11.8 Å². The van der Waals surface area contributed by atoms with Gasteiger partial charge < -0.3 is 0 Å². The third-order valence-electron chi connectivity index (χ3n) is 2.13. The predicted octanol–water partition coefficient (Wildman–Crippen LogP) is 3.52. The first-order valence-electron chi connectivity index (χ1n) is 4.05. The summed E-state index contributed by atoms with van der Waals surface area (Å²) in [5.41, 5.74) is 1.30. The molecule has 0 unspecified atom stereocenters. The molecule has 4 heteroatoms. The second-order valence-corrected chi connectivity index (χ2v) is 6.27. The van der Waals surface area contributed by atoms with Crippen molar-refractivity contribution in [3.8, 4) is 0 Å². The second-order valence-electron chi connectivity index (χ2n) is 2.91. The van der Waals surface area contributed by atoms with E-state index in [0.717, 1.165) is 9.83 Å². The maximum absolute atomic E-state index is 4.46. The van der Waals surface area contributed by atoms with E-state index in [-0.39, 0.29) is 0 Å². The number of hydrogen-bond acceptors (Lipinski definition) is 3. The summed E-state index contributed by atoms with van der Waals surface area (Å²) >= 11 is 7.16. The van der Waals surface area contributed by atoms with Crippen molar-refractivity contribution in [1.82, 2.24) is 4.98 Å². The normalized spacial score (nSPS) is 19.8. The maximum Gasteiger partial charge on any atom is 0.159 e. The molecule has 1 aliphatic rings. The SMILES string of the molecule is Brc1nc(C2CCSCC2)cs1. The Morgan fingerprint density at radius 3 is 2.75 bits per heavy atom. The Morgan fingerprint density at radius 2 is 2.17 bits per heavy atom. The van der Waals surface area contributed by atoms with Crippen LogP contribution in [0.2, 0.25) is 0 Å². The fourth-order valence-electron chi connectivity index (χ4n) is 1.44. The average molecular weight is 264 g/mol. The maximum atomic E-state index is 4.46. The molecule has 1 fully saturated rings. The van der Waals surface area contributed by atoms with Gasteiger partial charge in [0.1, 0.15) is 0 Å². The molecule has 0 aliphatic carbocycles. The first-order chi connectivity index (χ1) is 5.86. The summed E-state index contributed by atoms with van der Waals surface area (Å²) in [6, 6.07) is 0. The van der Waals surface area contributed by atoms with Crippen LogP contribution in [-0.2, 0) is 0 Å². The Morgan fingerprint density at radius 1 is 1.42 bits per heavy atom. The number of hydrogen-bond donors (Lipinski definition) is 0. The van der Waals surface area contributed by atoms with Gasteiger partial charge in [-0.15, -0.1) is 11.3 Å². The lowest BCUT2D eigenvalue weighted by Gasteiger charge is -2.18. The number of thioether (sulfide) groups is 1. The Balaban J connectivity index is 2.08. The van der Waals surface area contributed by atoms with Crippen LogP contribution in [0.25, 0.3) is 0 Å². The zero-order chi connectivity index (χ0) is 8.39. The highest BCUT2D eigenvalue weighted by Gasteiger charge is 2.17. The van der Waals surface area contributed by atoms with Gasteiger partial charge in [0.15, 0.2) is 3.92 Å². The van der Waals surface area contributed by atoms with E-state index in [2.05, 4.69) is 38.1 Å². The smallest absolute Gasteiger partial charge is 0.159 e.